The maximum Gasteiger partial charge on any atom is 0.229 e. The molecule has 1 rings (SSSR count). The first-order chi connectivity index (χ1) is 6.20. The van der Waals surface area contributed by atoms with Crippen LogP contribution in [-0.2, 0) is 9.47 Å². The van der Waals surface area contributed by atoms with Gasteiger partial charge in [0.1, 0.15) is 0 Å². The smallest absolute Gasteiger partial charge is 0.229 e. The highest BCUT2D eigenvalue weighted by Crippen LogP contribution is 2.24. The molecule has 0 saturated heterocycles. The number of methoxy groups -OCH3 is 2. The van der Waals surface area contributed by atoms with Crippen molar-refractivity contribution in [2.75, 3.05) is 14.2 Å². The van der Waals surface area contributed by atoms with Crippen LogP contribution in [0, 0.1) is 0 Å². The average Bonchev–Trinajstić information content (AvgIpc) is 2.53. The van der Waals surface area contributed by atoms with Crippen molar-refractivity contribution in [2.45, 2.75) is 6.29 Å². The van der Waals surface area contributed by atoms with E-state index in [0.29, 0.717) is 4.88 Å². The zero-order valence-electron chi connectivity index (χ0n) is 7.24. The minimum Gasteiger partial charge on any atom is -0.349 e. The van der Waals surface area contributed by atoms with Crippen LogP contribution in [0.3, 0.4) is 0 Å². The summed E-state index contributed by atoms with van der Waals surface area (Å²) in [6, 6.07) is 1.82. The monoisotopic (exact) mass is 264 g/mol. The van der Waals surface area contributed by atoms with Gasteiger partial charge in [0.05, 0.1) is 4.88 Å². The lowest BCUT2D eigenvalue weighted by Gasteiger charge is -2.10. The van der Waals surface area contributed by atoms with Crippen LogP contribution in [0.15, 0.2) is 15.9 Å². The Hall–Kier alpha value is -0.230. The number of hydrogen-bond donors (Lipinski definition) is 0. The van der Waals surface area contributed by atoms with E-state index in [-0.39, 0.29) is 5.78 Å². The van der Waals surface area contributed by atoms with E-state index in [2.05, 4.69) is 15.9 Å². The second-order valence-corrected chi connectivity index (χ2v) is 4.04. The zero-order chi connectivity index (χ0) is 9.84. The Bertz CT molecular complexity index is 293. The van der Waals surface area contributed by atoms with Crippen molar-refractivity contribution in [1.29, 1.82) is 0 Å². The summed E-state index contributed by atoms with van der Waals surface area (Å²) in [6.45, 7) is 0. The largest absolute Gasteiger partial charge is 0.349 e. The van der Waals surface area contributed by atoms with Crippen molar-refractivity contribution in [2.24, 2.45) is 0 Å². The number of Topliss-reactive ketones (excluding diaryl/α,β-unsaturated/α-hetero) is 1. The molecule has 0 N–H and O–H groups in total. The van der Waals surface area contributed by atoms with Crippen molar-refractivity contribution >= 4 is 33.0 Å². The van der Waals surface area contributed by atoms with Gasteiger partial charge in [0.2, 0.25) is 12.1 Å². The number of thiophene rings is 1. The predicted molar refractivity (Wildman–Crippen MR) is 54.2 cm³/mol. The molecule has 0 amide bonds. The third-order valence-electron chi connectivity index (χ3n) is 1.48. The Kier molecular flexibility index (Phi) is 4.05. The van der Waals surface area contributed by atoms with Gasteiger partial charge in [-0.2, -0.15) is 0 Å². The molecule has 0 bridgehead atoms. The van der Waals surface area contributed by atoms with Crippen LogP contribution in [-0.4, -0.2) is 26.3 Å². The fraction of sp³-hybridized carbons (Fsp3) is 0.375. The van der Waals surface area contributed by atoms with Crippen molar-refractivity contribution < 1.29 is 14.3 Å². The van der Waals surface area contributed by atoms with E-state index < -0.39 is 6.29 Å². The standard InChI is InChI=1S/C8H9BrO3S/c1-11-8(12-2)6(10)7-5(9)3-4-13-7/h3-4,8H,1-2H3. The van der Waals surface area contributed by atoms with Gasteiger partial charge >= 0.3 is 0 Å². The number of ketones is 1. The summed E-state index contributed by atoms with van der Waals surface area (Å²) in [5.74, 6) is -0.160. The normalized spacial score (nSPS) is 10.8. The summed E-state index contributed by atoms with van der Waals surface area (Å²) in [5.41, 5.74) is 0. The van der Waals surface area contributed by atoms with Crippen molar-refractivity contribution in [1.82, 2.24) is 0 Å². The Labute approximate surface area is 88.8 Å². The molecule has 0 aromatic carbocycles. The molecule has 0 unspecified atom stereocenters. The topological polar surface area (TPSA) is 35.5 Å². The maximum atomic E-state index is 11.6. The van der Waals surface area contributed by atoms with Crippen molar-refractivity contribution in [3.8, 4) is 0 Å². The number of hydrogen-bond acceptors (Lipinski definition) is 4. The van der Waals surface area contributed by atoms with E-state index in [9.17, 15) is 4.79 Å². The molecule has 0 atom stereocenters. The van der Waals surface area contributed by atoms with Gasteiger partial charge in [-0.25, -0.2) is 0 Å². The van der Waals surface area contributed by atoms with E-state index in [4.69, 9.17) is 9.47 Å². The van der Waals surface area contributed by atoms with Crippen LogP contribution in [0.5, 0.6) is 0 Å². The highest BCUT2D eigenvalue weighted by molar-refractivity contribution is 9.10. The van der Waals surface area contributed by atoms with Gasteiger partial charge in [0.15, 0.2) is 0 Å². The molecule has 72 valence electrons. The second kappa shape index (κ2) is 4.85. The maximum absolute atomic E-state index is 11.6. The van der Waals surface area contributed by atoms with Gasteiger partial charge in [-0.3, -0.25) is 4.79 Å². The van der Waals surface area contributed by atoms with Crippen LogP contribution in [0.4, 0.5) is 0 Å². The molecule has 1 aromatic heterocycles. The molecule has 0 spiro atoms. The molecule has 1 aromatic rings. The lowest BCUT2D eigenvalue weighted by Crippen LogP contribution is -2.24. The molecule has 0 saturated carbocycles. The highest BCUT2D eigenvalue weighted by Gasteiger charge is 2.21. The van der Waals surface area contributed by atoms with Gasteiger partial charge < -0.3 is 9.47 Å². The fourth-order valence-electron chi connectivity index (χ4n) is 0.887. The number of rotatable bonds is 4. The fourth-order valence-corrected chi connectivity index (χ4v) is 2.40. The minimum atomic E-state index is -0.810. The van der Waals surface area contributed by atoms with Crippen LogP contribution < -0.4 is 0 Å². The highest BCUT2D eigenvalue weighted by atomic mass is 79.9. The van der Waals surface area contributed by atoms with Gasteiger partial charge in [-0.1, -0.05) is 0 Å². The molecule has 13 heavy (non-hydrogen) atoms. The van der Waals surface area contributed by atoms with Gasteiger partial charge in [-0.15, -0.1) is 11.3 Å². The molecule has 5 heteroatoms. The van der Waals surface area contributed by atoms with E-state index in [0.717, 1.165) is 4.47 Å². The van der Waals surface area contributed by atoms with E-state index in [1.54, 1.807) is 0 Å². The van der Waals surface area contributed by atoms with Crippen LogP contribution in [0.1, 0.15) is 9.67 Å². The lowest BCUT2D eigenvalue weighted by atomic mass is 10.3. The molecular formula is C8H9BrO3S. The SMILES string of the molecule is COC(OC)C(=O)c1sccc1Br. The first-order valence-corrected chi connectivity index (χ1v) is 5.20. The van der Waals surface area contributed by atoms with E-state index in [1.165, 1.54) is 25.6 Å². The van der Waals surface area contributed by atoms with Gasteiger partial charge in [0.25, 0.3) is 0 Å². The molecule has 1 heterocycles. The first-order valence-electron chi connectivity index (χ1n) is 3.53. The second-order valence-electron chi connectivity index (χ2n) is 2.27. The number of carbonyl (C=O) groups excluding carboxylic acids is 1. The lowest BCUT2D eigenvalue weighted by molar-refractivity contribution is -0.0740. The summed E-state index contributed by atoms with van der Waals surface area (Å²) in [4.78, 5) is 12.2. The Morgan fingerprint density at radius 1 is 1.54 bits per heavy atom. The van der Waals surface area contributed by atoms with E-state index in [1.807, 2.05) is 11.4 Å². The summed E-state index contributed by atoms with van der Waals surface area (Å²) in [5, 5.41) is 1.83. The molecule has 3 nitrogen and oxygen atoms in total. The van der Waals surface area contributed by atoms with Crippen molar-refractivity contribution in [3.05, 3.63) is 20.8 Å². The minimum absolute atomic E-state index is 0.160. The average molecular weight is 265 g/mol. The molecule has 0 aliphatic carbocycles. The molecule has 0 aliphatic heterocycles. The summed E-state index contributed by atoms with van der Waals surface area (Å²) in [6.07, 6.45) is -0.810. The Morgan fingerprint density at radius 3 is 2.54 bits per heavy atom. The Balaban J connectivity index is 2.84. The van der Waals surface area contributed by atoms with Gasteiger partial charge in [-0.05, 0) is 27.4 Å². The predicted octanol–water partition coefficient (Wildman–Crippen LogP) is 2.31. The third-order valence-corrected chi connectivity index (χ3v) is 3.34. The number of halogens is 1. The molecule has 0 fully saturated rings. The number of carbonyl (C=O) groups is 1. The van der Waals surface area contributed by atoms with Crippen molar-refractivity contribution in [3.63, 3.8) is 0 Å². The zero-order valence-corrected chi connectivity index (χ0v) is 9.65. The quantitative estimate of drug-likeness (QED) is 0.619. The third kappa shape index (κ3) is 2.37. The summed E-state index contributed by atoms with van der Waals surface area (Å²) in [7, 11) is 2.88. The van der Waals surface area contributed by atoms with Gasteiger partial charge in [0, 0.05) is 18.7 Å². The molecular weight excluding hydrogens is 256 g/mol. The first kappa shape index (κ1) is 10.8. The van der Waals surface area contributed by atoms with Crippen LogP contribution in [0.2, 0.25) is 0 Å². The van der Waals surface area contributed by atoms with Crippen LogP contribution >= 0.6 is 27.3 Å². The van der Waals surface area contributed by atoms with E-state index >= 15 is 0 Å². The summed E-state index contributed by atoms with van der Waals surface area (Å²) < 4.78 is 10.5. The van der Waals surface area contributed by atoms with Crippen LogP contribution in [0.25, 0.3) is 0 Å². The molecule has 0 aliphatic rings. The summed E-state index contributed by atoms with van der Waals surface area (Å²) >= 11 is 4.63. The molecule has 0 radical (unpaired) electrons. The Morgan fingerprint density at radius 2 is 2.15 bits per heavy atom. The number of ether oxygens (including phenoxy) is 2.